The second kappa shape index (κ2) is 10.5. The summed E-state index contributed by atoms with van der Waals surface area (Å²) in [6.45, 7) is 0. The van der Waals surface area contributed by atoms with Gasteiger partial charge in [0.1, 0.15) is 12.1 Å². The molecule has 0 aliphatic rings. The molecule has 0 saturated carbocycles. The van der Waals surface area contributed by atoms with E-state index in [-0.39, 0.29) is 0 Å². The molecule has 0 fully saturated rings. The van der Waals surface area contributed by atoms with Crippen molar-refractivity contribution in [1.29, 1.82) is 0 Å². The molecular weight excluding hydrogens is 475 g/mol. The third-order valence-corrected chi connectivity index (χ3v) is 5.69. The fraction of sp³-hybridized carbons (Fsp3) is 0.120. The number of hydrogen-bond donors (Lipinski definition) is 2. The van der Waals surface area contributed by atoms with Crippen molar-refractivity contribution in [3.8, 4) is 28.5 Å². The van der Waals surface area contributed by atoms with Crippen LogP contribution in [0.3, 0.4) is 0 Å². The molecule has 3 aromatic carbocycles. The standard InChI is InChI=1S/C25H22Cl2N4O3/c1-32-21-12-11-19(24(33-2)25(21)34-3)30-22-13-20(28-14-29-22)15-7-4-5-10-18(15)31-23-16(26)8-6-9-17(23)27/h4-14,31H,1-3H3,(H,28,29,30). The molecule has 4 rings (SSSR count). The van der Waals surface area contributed by atoms with Crippen molar-refractivity contribution in [2.75, 3.05) is 32.0 Å². The summed E-state index contributed by atoms with van der Waals surface area (Å²) in [6.07, 6.45) is 1.49. The molecule has 0 aliphatic heterocycles. The number of nitrogens with zero attached hydrogens (tertiary/aromatic N) is 2. The van der Waals surface area contributed by atoms with Crippen LogP contribution in [0.25, 0.3) is 11.3 Å². The Balaban J connectivity index is 1.69. The minimum atomic E-state index is 0.482. The van der Waals surface area contributed by atoms with Gasteiger partial charge in [0.25, 0.3) is 0 Å². The third kappa shape index (κ3) is 4.81. The zero-order valence-corrected chi connectivity index (χ0v) is 20.2. The van der Waals surface area contributed by atoms with Crippen LogP contribution in [-0.2, 0) is 0 Å². The largest absolute Gasteiger partial charge is 0.493 e. The molecule has 1 aromatic heterocycles. The van der Waals surface area contributed by atoms with Crippen LogP contribution in [0.4, 0.5) is 22.9 Å². The molecule has 4 aromatic rings. The zero-order valence-electron chi connectivity index (χ0n) is 18.7. The van der Waals surface area contributed by atoms with Gasteiger partial charge in [0.15, 0.2) is 11.5 Å². The van der Waals surface area contributed by atoms with Crippen molar-refractivity contribution in [2.24, 2.45) is 0 Å². The predicted molar refractivity (Wildman–Crippen MR) is 137 cm³/mol. The van der Waals surface area contributed by atoms with Gasteiger partial charge in [-0.1, -0.05) is 47.5 Å². The quantitative estimate of drug-likeness (QED) is 0.272. The lowest BCUT2D eigenvalue weighted by molar-refractivity contribution is 0.325. The summed E-state index contributed by atoms with van der Waals surface area (Å²) in [4.78, 5) is 8.83. The molecule has 0 atom stereocenters. The summed E-state index contributed by atoms with van der Waals surface area (Å²) >= 11 is 12.7. The van der Waals surface area contributed by atoms with E-state index in [2.05, 4.69) is 20.6 Å². The van der Waals surface area contributed by atoms with Gasteiger partial charge in [0.2, 0.25) is 5.75 Å². The lowest BCUT2D eigenvalue weighted by Crippen LogP contribution is -2.01. The number of aromatic nitrogens is 2. The topological polar surface area (TPSA) is 77.5 Å². The molecule has 7 nitrogen and oxygen atoms in total. The average molecular weight is 497 g/mol. The number of benzene rings is 3. The first-order valence-corrected chi connectivity index (χ1v) is 11.0. The molecule has 0 bridgehead atoms. The molecule has 0 radical (unpaired) electrons. The molecule has 0 saturated heterocycles. The van der Waals surface area contributed by atoms with E-state index in [9.17, 15) is 0 Å². The first-order valence-electron chi connectivity index (χ1n) is 10.2. The van der Waals surface area contributed by atoms with Crippen LogP contribution < -0.4 is 24.8 Å². The van der Waals surface area contributed by atoms with Crippen LogP contribution in [0.5, 0.6) is 17.2 Å². The summed E-state index contributed by atoms with van der Waals surface area (Å²) in [7, 11) is 4.69. The molecule has 1 heterocycles. The smallest absolute Gasteiger partial charge is 0.205 e. The van der Waals surface area contributed by atoms with Gasteiger partial charge in [-0.05, 0) is 30.3 Å². The number of methoxy groups -OCH3 is 3. The van der Waals surface area contributed by atoms with Crippen molar-refractivity contribution in [3.63, 3.8) is 0 Å². The first-order chi connectivity index (χ1) is 16.5. The van der Waals surface area contributed by atoms with Crippen LogP contribution in [0.2, 0.25) is 10.0 Å². The fourth-order valence-corrected chi connectivity index (χ4v) is 3.97. The van der Waals surface area contributed by atoms with Gasteiger partial charge < -0.3 is 24.8 Å². The maximum Gasteiger partial charge on any atom is 0.205 e. The fourth-order valence-electron chi connectivity index (χ4n) is 3.48. The van der Waals surface area contributed by atoms with Crippen molar-refractivity contribution in [2.45, 2.75) is 0 Å². The van der Waals surface area contributed by atoms with Crippen LogP contribution >= 0.6 is 23.2 Å². The minimum Gasteiger partial charge on any atom is -0.493 e. The van der Waals surface area contributed by atoms with E-state index < -0.39 is 0 Å². The molecule has 2 N–H and O–H groups in total. The number of nitrogens with one attached hydrogen (secondary N) is 2. The Bertz CT molecular complexity index is 1300. The summed E-state index contributed by atoms with van der Waals surface area (Å²) in [5.41, 5.74) is 3.64. The lowest BCUT2D eigenvalue weighted by atomic mass is 10.1. The molecule has 174 valence electrons. The number of anilines is 4. The second-order valence-electron chi connectivity index (χ2n) is 7.06. The van der Waals surface area contributed by atoms with Crippen molar-refractivity contribution < 1.29 is 14.2 Å². The Morgan fingerprint density at radius 2 is 1.44 bits per heavy atom. The second-order valence-corrected chi connectivity index (χ2v) is 7.88. The van der Waals surface area contributed by atoms with Crippen molar-refractivity contribution in [1.82, 2.24) is 9.97 Å². The van der Waals surface area contributed by atoms with E-state index in [0.29, 0.717) is 50.2 Å². The van der Waals surface area contributed by atoms with Crippen LogP contribution in [0.1, 0.15) is 0 Å². The highest BCUT2D eigenvalue weighted by atomic mass is 35.5. The summed E-state index contributed by atoms with van der Waals surface area (Å²) < 4.78 is 16.4. The molecule has 9 heteroatoms. The summed E-state index contributed by atoms with van der Waals surface area (Å²) in [5.74, 6) is 2.11. The van der Waals surface area contributed by atoms with Crippen LogP contribution in [-0.4, -0.2) is 31.3 Å². The third-order valence-electron chi connectivity index (χ3n) is 5.06. The van der Waals surface area contributed by atoms with Gasteiger partial charge >= 0.3 is 0 Å². The highest BCUT2D eigenvalue weighted by Gasteiger charge is 2.17. The highest BCUT2D eigenvalue weighted by Crippen LogP contribution is 2.43. The molecule has 0 aliphatic carbocycles. The number of rotatable bonds is 8. The van der Waals surface area contributed by atoms with Gasteiger partial charge in [-0.3, -0.25) is 0 Å². The summed E-state index contributed by atoms with van der Waals surface area (Å²) in [6, 6.07) is 18.6. The molecule has 0 amide bonds. The van der Waals surface area contributed by atoms with Gasteiger partial charge in [-0.15, -0.1) is 0 Å². The maximum absolute atomic E-state index is 6.35. The Kier molecular flexibility index (Phi) is 7.25. The zero-order chi connectivity index (χ0) is 24.1. The maximum atomic E-state index is 6.35. The lowest BCUT2D eigenvalue weighted by Gasteiger charge is -2.17. The average Bonchev–Trinajstić information content (AvgIpc) is 2.86. The van der Waals surface area contributed by atoms with Gasteiger partial charge in [-0.25, -0.2) is 9.97 Å². The SMILES string of the molecule is COc1ccc(Nc2cc(-c3ccccc3Nc3c(Cl)cccc3Cl)ncn2)c(OC)c1OC. The van der Waals surface area contributed by atoms with Gasteiger partial charge in [0.05, 0.1) is 48.4 Å². The minimum absolute atomic E-state index is 0.482. The molecular formula is C25H22Cl2N4O3. The van der Waals surface area contributed by atoms with Crippen molar-refractivity contribution >= 4 is 46.1 Å². The van der Waals surface area contributed by atoms with Crippen molar-refractivity contribution in [3.05, 3.63) is 77.0 Å². The van der Waals surface area contributed by atoms with E-state index in [4.69, 9.17) is 37.4 Å². The van der Waals surface area contributed by atoms with E-state index in [1.165, 1.54) is 6.33 Å². The predicted octanol–water partition coefficient (Wildman–Crippen LogP) is 6.96. The van der Waals surface area contributed by atoms with Gasteiger partial charge in [0, 0.05) is 17.3 Å². The molecule has 34 heavy (non-hydrogen) atoms. The number of para-hydroxylation sites is 2. The highest BCUT2D eigenvalue weighted by molar-refractivity contribution is 6.39. The van der Waals surface area contributed by atoms with E-state index >= 15 is 0 Å². The summed E-state index contributed by atoms with van der Waals surface area (Å²) in [5, 5.41) is 7.64. The number of halogens is 2. The van der Waals surface area contributed by atoms with E-state index in [1.54, 1.807) is 45.6 Å². The normalized spacial score (nSPS) is 10.5. The first kappa shape index (κ1) is 23.5. The van der Waals surface area contributed by atoms with Gasteiger partial charge in [-0.2, -0.15) is 0 Å². The Hall–Kier alpha value is -3.68. The van der Waals surface area contributed by atoms with E-state index in [1.807, 2.05) is 36.4 Å². The van der Waals surface area contributed by atoms with E-state index in [0.717, 1.165) is 11.3 Å². The number of ether oxygens (including phenoxy) is 3. The Morgan fingerprint density at radius 1 is 0.706 bits per heavy atom. The number of hydrogen-bond acceptors (Lipinski definition) is 7. The Morgan fingerprint density at radius 3 is 2.15 bits per heavy atom. The van der Waals surface area contributed by atoms with Crippen LogP contribution in [0, 0.1) is 0 Å². The monoisotopic (exact) mass is 496 g/mol. The molecule has 0 unspecified atom stereocenters. The van der Waals surface area contributed by atoms with Crippen LogP contribution in [0.15, 0.2) is 67.0 Å². The Labute approximate surface area is 207 Å². The molecule has 0 spiro atoms.